The molecule has 1 aromatic rings. The molecule has 21 heavy (non-hydrogen) atoms. The summed E-state index contributed by atoms with van der Waals surface area (Å²) in [4.78, 5) is 14.5. The highest BCUT2D eigenvalue weighted by Crippen LogP contribution is 2.21. The number of benzene rings is 1. The van der Waals surface area contributed by atoms with E-state index in [-0.39, 0.29) is 24.2 Å². The molecule has 0 saturated carbocycles. The van der Waals surface area contributed by atoms with Gasteiger partial charge >= 0.3 is 0 Å². The van der Waals surface area contributed by atoms with Crippen LogP contribution in [0.1, 0.15) is 25.3 Å². The lowest BCUT2D eigenvalue weighted by Gasteiger charge is -2.39. The molecular formula is C17H23NO3. The zero-order chi connectivity index (χ0) is 14.7. The van der Waals surface area contributed by atoms with Gasteiger partial charge in [0.1, 0.15) is 6.10 Å². The van der Waals surface area contributed by atoms with Crippen molar-refractivity contribution in [2.45, 2.75) is 44.4 Å². The molecule has 4 nitrogen and oxygen atoms in total. The molecule has 3 atom stereocenters. The summed E-state index contributed by atoms with van der Waals surface area (Å²) >= 11 is 0. The van der Waals surface area contributed by atoms with Crippen LogP contribution in [0.2, 0.25) is 0 Å². The molecule has 1 amide bonds. The lowest BCUT2D eigenvalue weighted by Crippen LogP contribution is -2.54. The van der Waals surface area contributed by atoms with Crippen LogP contribution in [0.4, 0.5) is 0 Å². The molecule has 2 heterocycles. The molecule has 0 bridgehead atoms. The van der Waals surface area contributed by atoms with Gasteiger partial charge in [-0.25, -0.2) is 0 Å². The number of hydrogen-bond acceptors (Lipinski definition) is 3. The minimum atomic E-state index is -0.233. The maximum atomic E-state index is 12.6. The van der Waals surface area contributed by atoms with E-state index in [4.69, 9.17) is 9.47 Å². The molecule has 2 aliphatic rings. The van der Waals surface area contributed by atoms with Crippen molar-refractivity contribution in [1.82, 2.24) is 4.90 Å². The van der Waals surface area contributed by atoms with Gasteiger partial charge in [0, 0.05) is 19.6 Å². The molecule has 0 N–H and O–H groups in total. The van der Waals surface area contributed by atoms with Crippen molar-refractivity contribution in [3.63, 3.8) is 0 Å². The van der Waals surface area contributed by atoms with Crippen molar-refractivity contribution in [3.8, 4) is 0 Å². The van der Waals surface area contributed by atoms with Crippen LogP contribution in [0.15, 0.2) is 30.3 Å². The molecule has 2 fully saturated rings. The maximum absolute atomic E-state index is 12.6. The van der Waals surface area contributed by atoms with E-state index < -0.39 is 0 Å². The Hall–Kier alpha value is -1.39. The second-order valence-electron chi connectivity index (χ2n) is 5.99. The van der Waals surface area contributed by atoms with Crippen molar-refractivity contribution in [3.05, 3.63) is 35.9 Å². The van der Waals surface area contributed by atoms with Gasteiger partial charge in [-0.1, -0.05) is 30.3 Å². The Labute approximate surface area is 126 Å². The van der Waals surface area contributed by atoms with E-state index in [1.807, 2.05) is 30.0 Å². The molecule has 2 aliphatic heterocycles. The normalized spacial score (nSPS) is 29.6. The molecule has 3 rings (SSSR count). The van der Waals surface area contributed by atoms with Crippen molar-refractivity contribution in [2.24, 2.45) is 0 Å². The second kappa shape index (κ2) is 6.58. The van der Waals surface area contributed by atoms with E-state index in [2.05, 4.69) is 12.1 Å². The molecule has 0 spiro atoms. The number of amides is 1. The van der Waals surface area contributed by atoms with Crippen LogP contribution < -0.4 is 0 Å². The van der Waals surface area contributed by atoms with Crippen LogP contribution in [0.3, 0.4) is 0 Å². The summed E-state index contributed by atoms with van der Waals surface area (Å²) in [5.74, 6) is 0.140. The summed E-state index contributed by atoms with van der Waals surface area (Å²) in [5, 5.41) is 0. The maximum Gasteiger partial charge on any atom is 0.252 e. The van der Waals surface area contributed by atoms with E-state index in [1.54, 1.807) is 0 Å². The fourth-order valence-electron chi connectivity index (χ4n) is 3.08. The molecule has 3 unspecified atom stereocenters. The Balaban J connectivity index is 1.62. The highest BCUT2D eigenvalue weighted by atomic mass is 16.5. The average Bonchev–Trinajstić information content (AvgIpc) is 3.04. The molecule has 1 aromatic carbocycles. The first kappa shape index (κ1) is 14.5. The summed E-state index contributed by atoms with van der Waals surface area (Å²) in [5.41, 5.74) is 1.25. The third-order valence-electron chi connectivity index (χ3n) is 4.30. The van der Waals surface area contributed by atoms with Crippen LogP contribution in [-0.4, -0.2) is 48.8 Å². The topological polar surface area (TPSA) is 38.8 Å². The monoisotopic (exact) mass is 289 g/mol. The second-order valence-corrected chi connectivity index (χ2v) is 5.99. The van der Waals surface area contributed by atoms with Crippen molar-refractivity contribution >= 4 is 5.91 Å². The highest BCUT2D eigenvalue weighted by Gasteiger charge is 2.35. The zero-order valence-electron chi connectivity index (χ0n) is 12.5. The summed E-state index contributed by atoms with van der Waals surface area (Å²) < 4.78 is 11.4. The number of carbonyl (C=O) groups excluding carboxylic acids is 1. The number of ether oxygens (including phenoxy) is 2. The smallest absolute Gasteiger partial charge is 0.252 e. The predicted octanol–water partition coefficient (Wildman–Crippen LogP) is 2.02. The first-order valence-electron chi connectivity index (χ1n) is 7.81. The Kier molecular flexibility index (Phi) is 4.56. The van der Waals surface area contributed by atoms with Gasteiger partial charge in [0.2, 0.25) is 0 Å². The molecule has 4 heteroatoms. The van der Waals surface area contributed by atoms with Crippen LogP contribution in [0.5, 0.6) is 0 Å². The zero-order valence-corrected chi connectivity index (χ0v) is 12.5. The summed E-state index contributed by atoms with van der Waals surface area (Å²) in [6.07, 6.45) is 2.54. The lowest BCUT2D eigenvalue weighted by molar-refractivity contribution is -0.153. The quantitative estimate of drug-likeness (QED) is 0.854. The molecule has 0 aromatic heterocycles. The summed E-state index contributed by atoms with van der Waals surface area (Å²) in [7, 11) is 0. The van der Waals surface area contributed by atoms with E-state index in [1.165, 1.54) is 5.56 Å². The number of hydrogen-bond donors (Lipinski definition) is 0. The number of morpholine rings is 1. The van der Waals surface area contributed by atoms with Gasteiger partial charge < -0.3 is 14.4 Å². The molecule has 114 valence electrons. The Morgan fingerprint density at radius 3 is 2.81 bits per heavy atom. The lowest BCUT2D eigenvalue weighted by atomic mass is 10.0. The van der Waals surface area contributed by atoms with Gasteiger partial charge in [-0.05, 0) is 25.3 Å². The van der Waals surface area contributed by atoms with Gasteiger partial charge in [-0.2, -0.15) is 0 Å². The number of nitrogens with zero attached hydrogens (tertiary/aromatic N) is 1. The minimum absolute atomic E-state index is 0.0777. The predicted molar refractivity (Wildman–Crippen MR) is 80.0 cm³/mol. The van der Waals surface area contributed by atoms with Gasteiger partial charge in [0.15, 0.2) is 0 Å². The average molecular weight is 289 g/mol. The Bertz CT molecular complexity index is 470. The number of carbonyl (C=O) groups is 1. The fraction of sp³-hybridized carbons (Fsp3) is 0.588. The van der Waals surface area contributed by atoms with Gasteiger partial charge in [-0.3, -0.25) is 4.79 Å². The van der Waals surface area contributed by atoms with Crippen LogP contribution in [-0.2, 0) is 20.7 Å². The highest BCUT2D eigenvalue weighted by molar-refractivity contribution is 5.81. The fourth-order valence-corrected chi connectivity index (χ4v) is 3.08. The van der Waals surface area contributed by atoms with Gasteiger partial charge in [0.25, 0.3) is 5.91 Å². The molecule has 0 aliphatic carbocycles. The standard InChI is InChI=1S/C17H23NO3/c1-13-12-21-15(10-14-6-3-2-4-7-14)11-18(13)17(19)16-8-5-9-20-16/h2-4,6-7,13,15-16H,5,8-12H2,1H3. The molecule has 0 radical (unpaired) electrons. The molecule has 2 saturated heterocycles. The van der Waals surface area contributed by atoms with Crippen LogP contribution >= 0.6 is 0 Å². The molecular weight excluding hydrogens is 266 g/mol. The third kappa shape index (κ3) is 3.44. The van der Waals surface area contributed by atoms with E-state index >= 15 is 0 Å². The van der Waals surface area contributed by atoms with Crippen molar-refractivity contribution in [1.29, 1.82) is 0 Å². The SMILES string of the molecule is CC1COC(Cc2ccccc2)CN1C(=O)C1CCCO1. The third-order valence-corrected chi connectivity index (χ3v) is 4.30. The van der Waals surface area contributed by atoms with E-state index in [0.717, 1.165) is 19.3 Å². The number of rotatable bonds is 3. The van der Waals surface area contributed by atoms with E-state index in [0.29, 0.717) is 19.8 Å². The summed E-state index contributed by atoms with van der Waals surface area (Å²) in [6.45, 7) is 4.03. The van der Waals surface area contributed by atoms with Crippen molar-refractivity contribution < 1.29 is 14.3 Å². The van der Waals surface area contributed by atoms with Crippen LogP contribution in [0.25, 0.3) is 0 Å². The van der Waals surface area contributed by atoms with Gasteiger partial charge in [-0.15, -0.1) is 0 Å². The minimum Gasteiger partial charge on any atom is -0.374 e. The Morgan fingerprint density at radius 1 is 1.29 bits per heavy atom. The Morgan fingerprint density at radius 2 is 2.10 bits per heavy atom. The van der Waals surface area contributed by atoms with Gasteiger partial charge in [0.05, 0.1) is 18.8 Å². The summed E-state index contributed by atoms with van der Waals surface area (Å²) in [6, 6.07) is 10.4. The van der Waals surface area contributed by atoms with Crippen LogP contribution in [0, 0.1) is 0 Å². The first-order chi connectivity index (χ1) is 10.2. The largest absolute Gasteiger partial charge is 0.374 e. The first-order valence-corrected chi connectivity index (χ1v) is 7.81. The van der Waals surface area contributed by atoms with E-state index in [9.17, 15) is 4.79 Å². The van der Waals surface area contributed by atoms with Crippen molar-refractivity contribution in [2.75, 3.05) is 19.8 Å².